The highest BCUT2D eigenvalue weighted by Gasteiger charge is 2.34. The van der Waals surface area contributed by atoms with E-state index < -0.39 is 0 Å². The molecule has 0 unspecified atom stereocenters. The van der Waals surface area contributed by atoms with Gasteiger partial charge in [0.15, 0.2) is 0 Å². The lowest BCUT2D eigenvalue weighted by molar-refractivity contribution is -0.122. The molecule has 2 aromatic rings. The molecule has 2 aromatic carbocycles. The van der Waals surface area contributed by atoms with E-state index in [1.54, 1.807) is 6.08 Å². The van der Waals surface area contributed by atoms with E-state index in [0.717, 1.165) is 28.6 Å². The van der Waals surface area contributed by atoms with Crippen molar-refractivity contribution in [1.29, 1.82) is 0 Å². The molecule has 0 saturated carbocycles. The summed E-state index contributed by atoms with van der Waals surface area (Å²) in [4.78, 5) is 26.1. The molecule has 1 aliphatic heterocycles. The molecule has 1 aliphatic rings. The van der Waals surface area contributed by atoms with Crippen molar-refractivity contribution in [2.24, 2.45) is 0 Å². The number of rotatable bonds is 4. The lowest BCUT2D eigenvalue weighted by Crippen LogP contribution is -2.33. The molecule has 3 rings (SSSR count). The number of hydrogen-bond acceptors (Lipinski definition) is 4. The molecule has 4 nitrogen and oxygen atoms in total. The number of imide groups is 1. The molecule has 1 saturated heterocycles. The van der Waals surface area contributed by atoms with Crippen LogP contribution >= 0.6 is 11.8 Å². The highest BCUT2D eigenvalue weighted by atomic mass is 32.2. The average molecular weight is 324 g/mol. The topological polar surface area (TPSA) is 49.4 Å². The van der Waals surface area contributed by atoms with Gasteiger partial charge in [0.2, 0.25) is 0 Å². The molecular weight excluding hydrogens is 308 g/mol. The zero-order valence-electron chi connectivity index (χ0n) is 12.7. The number of carbonyl (C=O) groups excluding carboxylic acids is 2. The number of nitrogens with zero attached hydrogens (tertiary/aromatic N) is 1. The van der Waals surface area contributed by atoms with Crippen LogP contribution < -0.4 is 5.32 Å². The molecule has 0 atom stereocenters. The molecule has 1 fully saturated rings. The van der Waals surface area contributed by atoms with Crippen LogP contribution in [0.2, 0.25) is 0 Å². The van der Waals surface area contributed by atoms with Crippen LogP contribution in [-0.4, -0.2) is 22.7 Å². The third-order valence-electron chi connectivity index (χ3n) is 3.46. The number of thioether (sulfide) groups is 1. The lowest BCUT2D eigenvalue weighted by atomic mass is 10.2. The zero-order chi connectivity index (χ0) is 16.2. The van der Waals surface area contributed by atoms with Crippen molar-refractivity contribution in [2.75, 3.05) is 12.0 Å². The molecule has 0 aromatic heterocycles. The lowest BCUT2D eigenvalue weighted by Gasteiger charge is -2.14. The quantitative estimate of drug-likeness (QED) is 0.860. The number of carbonyl (C=O) groups is 2. The van der Waals surface area contributed by atoms with Gasteiger partial charge in [-0.3, -0.25) is 14.5 Å². The molecule has 0 spiro atoms. The predicted molar refractivity (Wildman–Crippen MR) is 93.9 cm³/mol. The Morgan fingerprint density at radius 1 is 1.04 bits per heavy atom. The maximum Gasteiger partial charge on any atom is 0.295 e. The second-order valence-corrected chi connectivity index (χ2v) is 6.21. The first-order valence-electron chi connectivity index (χ1n) is 7.24. The van der Waals surface area contributed by atoms with Crippen molar-refractivity contribution in [3.63, 3.8) is 0 Å². The number of hydrogen-bond donors (Lipinski definition) is 1. The minimum absolute atomic E-state index is 0.167. The van der Waals surface area contributed by atoms with E-state index >= 15 is 0 Å². The van der Waals surface area contributed by atoms with Crippen LogP contribution in [0.4, 0.5) is 10.5 Å². The van der Waals surface area contributed by atoms with Crippen LogP contribution in [0, 0.1) is 6.92 Å². The van der Waals surface area contributed by atoms with Crippen molar-refractivity contribution in [1.82, 2.24) is 4.90 Å². The molecule has 5 heteroatoms. The van der Waals surface area contributed by atoms with Gasteiger partial charge in [-0.2, -0.15) is 0 Å². The van der Waals surface area contributed by atoms with Crippen molar-refractivity contribution in [2.45, 2.75) is 6.92 Å². The molecule has 116 valence electrons. The minimum Gasteiger partial charge on any atom is -0.367 e. The van der Waals surface area contributed by atoms with Gasteiger partial charge in [0, 0.05) is 5.69 Å². The van der Waals surface area contributed by atoms with Crippen molar-refractivity contribution in [3.8, 4) is 0 Å². The van der Waals surface area contributed by atoms with E-state index in [9.17, 15) is 9.59 Å². The summed E-state index contributed by atoms with van der Waals surface area (Å²) in [5.74, 6) is -0.261. The third kappa shape index (κ3) is 3.63. The molecule has 23 heavy (non-hydrogen) atoms. The maximum atomic E-state index is 12.4. The normalized spacial score (nSPS) is 16.2. The highest BCUT2D eigenvalue weighted by Crippen LogP contribution is 2.32. The molecule has 0 bridgehead atoms. The summed E-state index contributed by atoms with van der Waals surface area (Å²) >= 11 is 0.973. The first kappa shape index (κ1) is 15.4. The number of anilines is 1. The van der Waals surface area contributed by atoms with Gasteiger partial charge in [0.25, 0.3) is 11.1 Å². The van der Waals surface area contributed by atoms with Crippen LogP contribution in [0.25, 0.3) is 6.08 Å². The Morgan fingerprint density at radius 3 is 2.43 bits per heavy atom. The summed E-state index contributed by atoms with van der Waals surface area (Å²) in [6, 6.07) is 17.3. The molecule has 2 amide bonds. The largest absolute Gasteiger partial charge is 0.367 e. The van der Waals surface area contributed by atoms with Gasteiger partial charge < -0.3 is 5.32 Å². The summed E-state index contributed by atoms with van der Waals surface area (Å²) in [5.41, 5.74) is 2.94. The summed E-state index contributed by atoms with van der Waals surface area (Å²) in [5, 5.41) is 2.85. The van der Waals surface area contributed by atoms with Crippen molar-refractivity contribution >= 4 is 34.7 Å². The van der Waals surface area contributed by atoms with Gasteiger partial charge in [-0.05, 0) is 42.5 Å². The van der Waals surface area contributed by atoms with Crippen LogP contribution in [0.3, 0.4) is 0 Å². The summed E-state index contributed by atoms with van der Waals surface area (Å²) in [6.45, 7) is 2.18. The van der Waals surface area contributed by atoms with Crippen LogP contribution in [0.5, 0.6) is 0 Å². The number of benzene rings is 2. The fourth-order valence-corrected chi connectivity index (χ4v) is 3.02. The van der Waals surface area contributed by atoms with Gasteiger partial charge >= 0.3 is 0 Å². The first-order chi connectivity index (χ1) is 11.1. The summed E-state index contributed by atoms with van der Waals surface area (Å²) in [7, 11) is 0. The Hall–Kier alpha value is -2.53. The SMILES string of the molecule is Cc1ccc(NCN2C(=O)S/C(=C/c3ccccc3)C2=O)cc1. The maximum absolute atomic E-state index is 12.4. The number of nitrogens with one attached hydrogen (secondary N) is 1. The van der Waals surface area contributed by atoms with Gasteiger partial charge in [0.1, 0.15) is 0 Å². The van der Waals surface area contributed by atoms with E-state index in [1.165, 1.54) is 4.90 Å². The Kier molecular flexibility index (Phi) is 4.48. The molecule has 1 N–H and O–H groups in total. The monoisotopic (exact) mass is 324 g/mol. The van der Waals surface area contributed by atoms with Gasteiger partial charge in [-0.1, -0.05) is 48.0 Å². The number of amides is 2. The zero-order valence-corrected chi connectivity index (χ0v) is 13.5. The second kappa shape index (κ2) is 6.71. The number of aryl methyl sites for hydroxylation is 1. The van der Waals surface area contributed by atoms with Crippen LogP contribution in [0.1, 0.15) is 11.1 Å². The standard InChI is InChI=1S/C18H16N2O2S/c1-13-7-9-15(10-8-13)19-12-20-17(21)16(23-18(20)22)11-14-5-3-2-4-6-14/h2-11,19H,12H2,1H3/b16-11+. The van der Waals surface area contributed by atoms with E-state index in [4.69, 9.17) is 0 Å². The van der Waals surface area contributed by atoms with E-state index in [2.05, 4.69) is 5.32 Å². The minimum atomic E-state index is -0.261. The van der Waals surface area contributed by atoms with Crippen LogP contribution in [0.15, 0.2) is 59.5 Å². The fourth-order valence-electron chi connectivity index (χ4n) is 2.18. The second-order valence-electron chi connectivity index (χ2n) is 5.22. The first-order valence-corrected chi connectivity index (χ1v) is 8.06. The molecule has 0 radical (unpaired) electrons. The Balaban J connectivity index is 1.69. The van der Waals surface area contributed by atoms with Gasteiger partial charge in [0.05, 0.1) is 11.6 Å². The van der Waals surface area contributed by atoms with Gasteiger partial charge in [-0.15, -0.1) is 0 Å². The summed E-state index contributed by atoms with van der Waals surface area (Å²) in [6.07, 6.45) is 1.75. The average Bonchev–Trinajstić information content (AvgIpc) is 2.82. The molecule has 0 aliphatic carbocycles. The van der Waals surface area contributed by atoms with Crippen LogP contribution in [-0.2, 0) is 4.79 Å². The van der Waals surface area contributed by atoms with E-state index in [0.29, 0.717) is 4.91 Å². The Labute approximate surface area is 139 Å². The van der Waals surface area contributed by atoms with E-state index in [-0.39, 0.29) is 17.8 Å². The smallest absolute Gasteiger partial charge is 0.295 e. The molecular formula is C18H16N2O2S. The van der Waals surface area contributed by atoms with Crippen molar-refractivity contribution in [3.05, 3.63) is 70.6 Å². The molecule has 1 heterocycles. The Bertz CT molecular complexity index is 754. The van der Waals surface area contributed by atoms with E-state index in [1.807, 2.05) is 61.5 Å². The fraction of sp³-hybridized carbons (Fsp3) is 0.111. The summed E-state index contributed by atoms with van der Waals surface area (Å²) < 4.78 is 0. The predicted octanol–water partition coefficient (Wildman–Crippen LogP) is 4.10. The Morgan fingerprint density at radius 2 is 1.74 bits per heavy atom. The highest BCUT2D eigenvalue weighted by molar-refractivity contribution is 8.18. The van der Waals surface area contributed by atoms with Gasteiger partial charge in [-0.25, -0.2) is 0 Å². The third-order valence-corrected chi connectivity index (χ3v) is 4.37. The van der Waals surface area contributed by atoms with Crippen molar-refractivity contribution < 1.29 is 9.59 Å².